The summed E-state index contributed by atoms with van der Waals surface area (Å²) < 4.78 is 36.1. The highest BCUT2D eigenvalue weighted by molar-refractivity contribution is 7.81. The molecule has 0 radical (unpaired) electrons. The fourth-order valence-corrected chi connectivity index (χ4v) is 3.35. The molecule has 0 aliphatic rings. The number of aromatic hydroxyl groups is 1. The smallest absolute Gasteiger partial charge is 0.339 e. The first kappa shape index (κ1) is 19.7. The molecule has 0 spiro atoms. The van der Waals surface area contributed by atoms with Gasteiger partial charge in [0.25, 0.3) is 11.3 Å². The first-order chi connectivity index (χ1) is 13.3. The Balaban J connectivity index is 2.11. The molecule has 1 atom stereocenters. The van der Waals surface area contributed by atoms with Crippen LogP contribution >= 0.6 is 11.6 Å². The number of nitrogens with zero attached hydrogens (tertiary/aromatic N) is 2. The second-order valence-corrected chi connectivity index (χ2v) is 6.76. The Hall–Kier alpha value is -3.01. The van der Waals surface area contributed by atoms with E-state index in [2.05, 4.69) is 4.98 Å². The summed E-state index contributed by atoms with van der Waals surface area (Å²) in [5, 5.41) is 18.9. The molecule has 0 amide bonds. The number of carboxylic acids is 1. The summed E-state index contributed by atoms with van der Waals surface area (Å²) in [6.07, 6.45) is 1.22. The minimum absolute atomic E-state index is 0.0395. The topological polar surface area (TPSA) is 111 Å². The molecule has 28 heavy (non-hydrogen) atoms. The highest BCUT2D eigenvalue weighted by Gasteiger charge is 2.20. The molecule has 1 heterocycles. The van der Waals surface area contributed by atoms with Gasteiger partial charge < -0.3 is 10.2 Å². The number of benzene rings is 2. The van der Waals surface area contributed by atoms with Crippen LogP contribution in [0.1, 0.15) is 10.4 Å². The van der Waals surface area contributed by atoms with Crippen molar-refractivity contribution in [2.24, 2.45) is 0 Å². The number of aromatic carboxylic acids is 1. The van der Waals surface area contributed by atoms with Crippen molar-refractivity contribution in [3.05, 3.63) is 71.3 Å². The molecule has 2 aromatic carbocycles. The van der Waals surface area contributed by atoms with Gasteiger partial charge in [0.2, 0.25) is 0 Å². The molecular formula is C18H12ClFN2O5S. The van der Waals surface area contributed by atoms with Crippen LogP contribution in [-0.4, -0.2) is 29.9 Å². The number of carbonyl (C=O) groups is 1. The molecule has 7 nitrogen and oxygen atoms in total. The van der Waals surface area contributed by atoms with Crippen LogP contribution < -0.4 is 4.31 Å². The average molecular weight is 423 g/mol. The molecule has 3 rings (SSSR count). The molecule has 0 aliphatic heterocycles. The molecule has 0 bridgehead atoms. The van der Waals surface area contributed by atoms with Crippen LogP contribution in [0.25, 0.3) is 11.1 Å². The van der Waals surface area contributed by atoms with Gasteiger partial charge in [0, 0.05) is 11.6 Å². The molecule has 1 unspecified atom stereocenters. The molecular weight excluding hydrogens is 411 g/mol. The van der Waals surface area contributed by atoms with Crippen LogP contribution in [0.3, 0.4) is 0 Å². The summed E-state index contributed by atoms with van der Waals surface area (Å²) in [5.74, 6) is -2.41. The lowest BCUT2D eigenvalue weighted by molar-refractivity contribution is 0.0694. The first-order valence-electron chi connectivity index (χ1n) is 7.67. The van der Waals surface area contributed by atoms with Crippen LogP contribution in [0.4, 0.5) is 15.8 Å². The van der Waals surface area contributed by atoms with E-state index in [0.29, 0.717) is 11.1 Å². The third kappa shape index (κ3) is 3.96. The van der Waals surface area contributed by atoms with Crippen molar-refractivity contribution in [2.45, 2.75) is 0 Å². The number of rotatable bonds is 5. The van der Waals surface area contributed by atoms with E-state index in [9.17, 15) is 23.1 Å². The van der Waals surface area contributed by atoms with Gasteiger partial charge >= 0.3 is 5.97 Å². The standard InChI is InChI=1S/C18H12ClFN2O5S/c19-17-15(10-2-1-3-11(20)6-10)7-13(9-21-17)22(28(26)27)12-4-5-14(18(24)25)16(23)8-12/h1-9,23H,(H,24,25)(H,26,27). The van der Waals surface area contributed by atoms with Crippen molar-refractivity contribution in [2.75, 3.05) is 4.31 Å². The van der Waals surface area contributed by atoms with E-state index in [1.807, 2.05) is 0 Å². The average Bonchev–Trinajstić information content (AvgIpc) is 2.62. The number of carboxylic acid groups (broad SMARTS) is 1. The number of halogens is 2. The third-order valence-electron chi connectivity index (χ3n) is 3.80. The van der Waals surface area contributed by atoms with Gasteiger partial charge in [-0.15, -0.1) is 0 Å². The molecule has 144 valence electrons. The summed E-state index contributed by atoms with van der Waals surface area (Å²) in [6.45, 7) is 0. The Morgan fingerprint density at radius 1 is 1.14 bits per heavy atom. The minimum Gasteiger partial charge on any atom is -0.507 e. The Bertz CT molecular complexity index is 1100. The number of hydrogen-bond acceptors (Lipinski definition) is 4. The molecule has 1 aromatic heterocycles. The number of aromatic nitrogens is 1. The maximum Gasteiger partial charge on any atom is 0.339 e. The Morgan fingerprint density at radius 3 is 2.50 bits per heavy atom. The molecule has 3 N–H and O–H groups in total. The Labute approximate surface area is 166 Å². The monoisotopic (exact) mass is 422 g/mol. The predicted octanol–water partition coefficient (Wildman–Crippen LogP) is 4.22. The van der Waals surface area contributed by atoms with Gasteiger partial charge in [0.1, 0.15) is 22.3 Å². The van der Waals surface area contributed by atoms with E-state index in [1.165, 1.54) is 36.5 Å². The lowest BCUT2D eigenvalue weighted by Gasteiger charge is -2.21. The van der Waals surface area contributed by atoms with E-state index in [1.54, 1.807) is 6.07 Å². The maximum atomic E-state index is 13.5. The molecule has 10 heteroatoms. The molecule has 0 fully saturated rings. The summed E-state index contributed by atoms with van der Waals surface area (Å²) in [7, 11) is 0. The molecule has 0 aliphatic carbocycles. The van der Waals surface area contributed by atoms with Crippen LogP contribution in [0.2, 0.25) is 5.15 Å². The fourth-order valence-electron chi connectivity index (χ4n) is 2.56. The zero-order valence-corrected chi connectivity index (χ0v) is 15.5. The third-order valence-corrected chi connectivity index (χ3v) is 4.83. The van der Waals surface area contributed by atoms with Crippen LogP contribution in [0, 0.1) is 5.82 Å². The van der Waals surface area contributed by atoms with Crippen molar-refractivity contribution in [3.63, 3.8) is 0 Å². The van der Waals surface area contributed by atoms with Crippen molar-refractivity contribution in [1.82, 2.24) is 4.98 Å². The van der Waals surface area contributed by atoms with Gasteiger partial charge in [-0.2, -0.15) is 0 Å². The van der Waals surface area contributed by atoms with Gasteiger partial charge in [-0.25, -0.2) is 22.7 Å². The lowest BCUT2D eigenvalue weighted by atomic mass is 10.1. The molecule has 3 aromatic rings. The van der Waals surface area contributed by atoms with Crippen LogP contribution in [0.15, 0.2) is 54.7 Å². The van der Waals surface area contributed by atoms with E-state index >= 15 is 0 Å². The van der Waals surface area contributed by atoms with E-state index in [4.69, 9.17) is 16.7 Å². The van der Waals surface area contributed by atoms with E-state index in [0.717, 1.165) is 16.4 Å². The summed E-state index contributed by atoms with van der Waals surface area (Å²) in [6, 6.07) is 10.4. The Morgan fingerprint density at radius 2 is 1.89 bits per heavy atom. The number of anilines is 2. The highest BCUT2D eigenvalue weighted by Crippen LogP contribution is 2.35. The fraction of sp³-hybridized carbons (Fsp3) is 0. The van der Waals surface area contributed by atoms with E-state index < -0.39 is 28.8 Å². The number of phenols is 1. The van der Waals surface area contributed by atoms with Crippen molar-refractivity contribution in [3.8, 4) is 16.9 Å². The summed E-state index contributed by atoms with van der Waals surface area (Å²) in [5.41, 5.74) is 0.527. The lowest BCUT2D eigenvalue weighted by Crippen LogP contribution is -2.19. The van der Waals surface area contributed by atoms with Crippen molar-refractivity contribution < 1.29 is 28.2 Å². The summed E-state index contributed by atoms with van der Waals surface area (Å²) >= 11 is 3.51. The number of hydrogen-bond donors (Lipinski definition) is 3. The zero-order chi connectivity index (χ0) is 20.4. The predicted molar refractivity (Wildman–Crippen MR) is 103 cm³/mol. The van der Waals surface area contributed by atoms with Gasteiger partial charge in [-0.05, 0) is 35.9 Å². The SMILES string of the molecule is O=C(O)c1ccc(N(c2cnc(Cl)c(-c3cccc(F)c3)c2)S(=O)O)cc1O. The van der Waals surface area contributed by atoms with Gasteiger partial charge in [-0.3, -0.25) is 4.55 Å². The highest BCUT2D eigenvalue weighted by atomic mass is 35.5. The van der Waals surface area contributed by atoms with Crippen LogP contribution in [0.5, 0.6) is 5.75 Å². The minimum atomic E-state index is -2.59. The first-order valence-corrected chi connectivity index (χ1v) is 9.11. The van der Waals surface area contributed by atoms with Gasteiger partial charge in [-0.1, -0.05) is 23.7 Å². The normalized spacial score (nSPS) is 11.8. The van der Waals surface area contributed by atoms with Crippen molar-refractivity contribution >= 4 is 40.2 Å². The second kappa shape index (κ2) is 7.93. The Kier molecular flexibility index (Phi) is 5.59. The van der Waals surface area contributed by atoms with Crippen LogP contribution in [-0.2, 0) is 11.3 Å². The second-order valence-electron chi connectivity index (χ2n) is 5.57. The van der Waals surface area contributed by atoms with Gasteiger partial charge in [0.15, 0.2) is 0 Å². The number of pyridine rings is 1. The molecule has 0 saturated carbocycles. The van der Waals surface area contributed by atoms with Gasteiger partial charge in [0.05, 0.1) is 17.6 Å². The molecule has 0 saturated heterocycles. The van der Waals surface area contributed by atoms with E-state index in [-0.39, 0.29) is 22.1 Å². The quantitative estimate of drug-likeness (QED) is 0.419. The largest absolute Gasteiger partial charge is 0.507 e. The zero-order valence-electron chi connectivity index (χ0n) is 13.9. The maximum absolute atomic E-state index is 13.5. The van der Waals surface area contributed by atoms with Crippen molar-refractivity contribution in [1.29, 1.82) is 0 Å². The summed E-state index contributed by atoms with van der Waals surface area (Å²) in [4.78, 5) is 15.0.